The number of likely N-dealkylation sites (N-methyl/N-ethyl adjacent to an activating group) is 1. The van der Waals surface area contributed by atoms with E-state index < -0.39 is 12.2 Å². The minimum atomic E-state index is -1.15. The molecule has 0 radical (unpaired) electrons. The van der Waals surface area contributed by atoms with Crippen molar-refractivity contribution < 1.29 is 10.2 Å². The molecular weight excluding hydrogens is 239 g/mol. The van der Waals surface area contributed by atoms with E-state index in [0.717, 1.165) is 0 Å². The van der Waals surface area contributed by atoms with Crippen molar-refractivity contribution in [2.45, 2.75) is 12.2 Å². The molecule has 1 rings (SSSR count). The second-order valence-electron chi connectivity index (χ2n) is 3.07. The number of aliphatic hydroxyl groups excluding tert-OH is 2. The SMILES string of the molecule is CNCC(O)C(O)c1c(Cl)ccnc1Cl. The van der Waals surface area contributed by atoms with Gasteiger partial charge in [-0.3, -0.25) is 0 Å². The Hall–Kier alpha value is -0.390. The molecule has 2 unspecified atom stereocenters. The van der Waals surface area contributed by atoms with Crippen molar-refractivity contribution in [3.05, 3.63) is 28.0 Å². The first kappa shape index (κ1) is 12.7. The molecule has 3 N–H and O–H groups in total. The predicted octanol–water partition coefficient (Wildman–Crippen LogP) is 1.00. The van der Waals surface area contributed by atoms with E-state index >= 15 is 0 Å². The molecule has 6 heteroatoms. The Morgan fingerprint density at radius 3 is 2.67 bits per heavy atom. The predicted molar refractivity (Wildman–Crippen MR) is 59.2 cm³/mol. The van der Waals surface area contributed by atoms with Crippen LogP contribution in [0.5, 0.6) is 0 Å². The summed E-state index contributed by atoms with van der Waals surface area (Å²) in [4.78, 5) is 3.79. The molecule has 84 valence electrons. The summed E-state index contributed by atoms with van der Waals surface area (Å²) in [5.74, 6) is 0. The van der Waals surface area contributed by atoms with Crippen LogP contribution in [-0.2, 0) is 0 Å². The van der Waals surface area contributed by atoms with Crippen LogP contribution in [0.25, 0.3) is 0 Å². The van der Waals surface area contributed by atoms with E-state index in [2.05, 4.69) is 10.3 Å². The maximum Gasteiger partial charge on any atom is 0.136 e. The Labute approximate surface area is 97.9 Å². The van der Waals surface area contributed by atoms with Gasteiger partial charge in [0, 0.05) is 18.3 Å². The molecule has 0 aliphatic carbocycles. The first-order chi connectivity index (χ1) is 7.07. The van der Waals surface area contributed by atoms with Gasteiger partial charge in [0.05, 0.1) is 11.1 Å². The minimum Gasteiger partial charge on any atom is -0.389 e. The van der Waals surface area contributed by atoms with Gasteiger partial charge in [-0.25, -0.2) is 4.98 Å². The molecule has 2 atom stereocenters. The fraction of sp³-hybridized carbons (Fsp3) is 0.444. The quantitative estimate of drug-likeness (QED) is 0.698. The minimum absolute atomic E-state index is 0.102. The van der Waals surface area contributed by atoms with Gasteiger partial charge in [-0.05, 0) is 13.1 Å². The lowest BCUT2D eigenvalue weighted by molar-refractivity contribution is 0.0201. The maximum absolute atomic E-state index is 9.78. The first-order valence-corrected chi connectivity index (χ1v) is 5.14. The molecular formula is C9H12Cl2N2O2. The number of hydrogen-bond donors (Lipinski definition) is 3. The molecule has 1 aromatic rings. The molecule has 1 heterocycles. The second-order valence-corrected chi connectivity index (χ2v) is 3.83. The normalized spacial score (nSPS) is 15.0. The summed E-state index contributed by atoms with van der Waals surface area (Å²) in [7, 11) is 1.67. The van der Waals surface area contributed by atoms with Crippen molar-refractivity contribution in [1.29, 1.82) is 0 Å². The van der Waals surface area contributed by atoms with E-state index in [1.54, 1.807) is 7.05 Å². The van der Waals surface area contributed by atoms with Crippen LogP contribution in [0.4, 0.5) is 0 Å². The number of halogens is 2. The van der Waals surface area contributed by atoms with E-state index in [0.29, 0.717) is 0 Å². The Bertz CT molecular complexity index is 316. The Kier molecular flexibility index (Phi) is 4.76. The van der Waals surface area contributed by atoms with Crippen molar-refractivity contribution in [3.8, 4) is 0 Å². The van der Waals surface area contributed by atoms with Crippen LogP contribution in [0.1, 0.15) is 11.7 Å². The Morgan fingerprint density at radius 2 is 2.13 bits per heavy atom. The maximum atomic E-state index is 9.78. The molecule has 0 spiro atoms. The van der Waals surface area contributed by atoms with Crippen LogP contribution in [0.3, 0.4) is 0 Å². The molecule has 0 amide bonds. The van der Waals surface area contributed by atoms with Crippen LogP contribution in [0, 0.1) is 0 Å². The van der Waals surface area contributed by atoms with Crippen LogP contribution in [0.15, 0.2) is 12.3 Å². The number of pyridine rings is 1. The average molecular weight is 251 g/mol. The number of hydrogen-bond acceptors (Lipinski definition) is 4. The highest BCUT2D eigenvalue weighted by Gasteiger charge is 2.23. The summed E-state index contributed by atoms with van der Waals surface area (Å²) in [6, 6.07) is 1.51. The zero-order valence-electron chi connectivity index (χ0n) is 8.11. The van der Waals surface area contributed by atoms with E-state index in [4.69, 9.17) is 23.2 Å². The van der Waals surface area contributed by atoms with Gasteiger partial charge in [0.25, 0.3) is 0 Å². The van der Waals surface area contributed by atoms with Crippen molar-refractivity contribution in [1.82, 2.24) is 10.3 Å². The molecule has 0 aromatic carbocycles. The molecule has 0 bridgehead atoms. The van der Waals surface area contributed by atoms with Gasteiger partial charge in [-0.1, -0.05) is 23.2 Å². The molecule has 0 saturated carbocycles. The summed E-state index contributed by atoms with van der Waals surface area (Å²) in [5, 5.41) is 22.5. The zero-order valence-corrected chi connectivity index (χ0v) is 9.63. The number of rotatable bonds is 4. The number of aliphatic hydroxyl groups is 2. The number of aromatic nitrogens is 1. The van der Waals surface area contributed by atoms with Crippen LogP contribution in [0.2, 0.25) is 10.2 Å². The van der Waals surface area contributed by atoms with E-state index in [1.165, 1.54) is 12.3 Å². The Balaban J connectivity index is 2.94. The highest BCUT2D eigenvalue weighted by atomic mass is 35.5. The molecule has 1 aromatic heterocycles. The largest absolute Gasteiger partial charge is 0.389 e. The monoisotopic (exact) mass is 250 g/mol. The van der Waals surface area contributed by atoms with Gasteiger partial charge in [0.15, 0.2) is 0 Å². The van der Waals surface area contributed by atoms with E-state index in [9.17, 15) is 10.2 Å². The van der Waals surface area contributed by atoms with Gasteiger partial charge in [0.1, 0.15) is 11.3 Å². The fourth-order valence-electron chi connectivity index (χ4n) is 1.20. The molecule has 0 fully saturated rings. The van der Waals surface area contributed by atoms with Crippen LogP contribution < -0.4 is 5.32 Å². The molecule has 0 aliphatic heterocycles. The summed E-state index contributed by atoms with van der Waals surface area (Å²) >= 11 is 11.6. The third-order valence-corrected chi connectivity index (χ3v) is 2.59. The lowest BCUT2D eigenvalue weighted by Crippen LogP contribution is -2.30. The van der Waals surface area contributed by atoms with Gasteiger partial charge in [0.2, 0.25) is 0 Å². The lowest BCUT2D eigenvalue weighted by Gasteiger charge is -2.19. The van der Waals surface area contributed by atoms with E-state index in [1.807, 2.05) is 0 Å². The van der Waals surface area contributed by atoms with Crippen LogP contribution >= 0.6 is 23.2 Å². The van der Waals surface area contributed by atoms with Crippen molar-refractivity contribution >= 4 is 23.2 Å². The third kappa shape index (κ3) is 3.03. The summed E-state index contributed by atoms with van der Waals surface area (Å²) in [6.07, 6.45) is -0.689. The van der Waals surface area contributed by atoms with E-state index in [-0.39, 0.29) is 22.3 Å². The van der Waals surface area contributed by atoms with Crippen molar-refractivity contribution in [2.24, 2.45) is 0 Å². The van der Waals surface area contributed by atoms with Crippen molar-refractivity contribution in [2.75, 3.05) is 13.6 Å². The van der Waals surface area contributed by atoms with Crippen LogP contribution in [-0.4, -0.2) is 34.9 Å². The molecule has 15 heavy (non-hydrogen) atoms. The zero-order chi connectivity index (χ0) is 11.4. The highest BCUT2D eigenvalue weighted by Crippen LogP contribution is 2.30. The Morgan fingerprint density at radius 1 is 1.47 bits per heavy atom. The lowest BCUT2D eigenvalue weighted by atomic mass is 10.1. The third-order valence-electron chi connectivity index (χ3n) is 1.96. The summed E-state index contributed by atoms with van der Waals surface area (Å²) in [6.45, 7) is 0.239. The molecule has 0 aliphatic rings. The number of nitrogens with zero attached hydrogens (tertiary/aromatic N) is 1. The standard InChI is InChI=1S/C9H12Cl2N2O2/c1-12-4-6(14)8(15)7-5(10)2-3-13-9(7)11/h2-3,6,8,12,14-15H,4H2,1H3. The topological polar surface area (TPSA) is 65.4 Å². The smallest absolute Gasteiger partial charge is 0.136 e. The summed E-state index contributed by atoms with van der Waals surface area (Å²) in [5.41, 5.74) is 0.253. The van der Waals surface area contributed by atoms with Gasteiger partial charge >= 0.3 is 0 Å². The average Bonchev–Trinajstić information content (AvgIpc) is 2.17. The summed E-state index contributed by atoms with van der Waals surface area (Å²) < 4.78 is 0. The second kappa shape index (κ2) is 5.63. The van der Waals surface area contributed by atoms with Gasteiger partial charge < -0.3 is 15.5 Å². The van der Waals surface area contributed by atoms with Gasteiger partial charge in [-0.2, -0.15) is 0 Å². The highest BCUT2D eigenvalue weighted by molar-refractivity contribution is 6.35. The van der Waals surface area contributed by atoms with Crippen molar-refractivity contribution in [3.63, 3.8) is 0 Å². The van der Waals surface area contributed by atoms with Gasteiger partial charge in [-0.15, -0.1) is 0 Å². The fourth-order valence-corrected chi connectivity index (χ4v) is 1.78. The first-order valence-electron chi connectivity index (χ1n) is 4.38. The molecule has 4 nitrogen and oxygen atoms in total. The number of nitrogens with one attached hydrogen (secondary N) is 1. The molecule has 0 saturated heterocycles.